The van der Waals surface area contributed by atoms with Gasteiger partial charge in [0, 0.05) is 0 Å². The Labute approximate surface area is 54.6 Å². The van der Waals surface area contributed by atoms with Crippen LogP contribution in [0.15, 0.2) is 0 Å². The molecule has 2 nitrogen and oxygen atoms in total. The molecule has 0 atom stereocenters. The van der Waals surface area contributed by atoms with E-state index in [2.05, 4.69) is 0 Å². The number of rotatable bonds is 0. The smallest absolute Gasteiger partial charge is 0.250 e. The fourth-order valence-electron chi connectivity index (χ4n) is 0.606. The monoisotopic (exact) mass is 158 g/mol. The molecular formula is C4H6F4N2. The summed E-state index contributed by atoms with van der Waals surface area (Å²) in [6.45, 7) is -2.06. The zero-order chi connectivity index (χ0) is 7.83. The Bertz CT molecular complexity index is 107. The largest absolute Gasteiger partial charge is 0.315 e. The van der Waals surface area contributed by atoms with Gasteiger partial charge < -0.3 is 0 Å². The fraction of sp³-hybridized carbons (Fsp3) is 1.00. The van der Waals surface area contributed by atoms with Crippen LogP contribution in [0.4, 0.5) is 17.6 Å². The van der Waals surface area contributed by atoms with Gasteiger partial charge in [-0.05, 0) is 0 Å². The van der Waals surface area contributed by atoms with E-state index in [0.717, 1.165) is 0 Å². The first kappa shape index (κ1) is 7.74. The first-order valence-electron chi connectivity index (χ1n) is 2.67. The second kappa shape index (κ2) is 2.06. The molecule has 0 amide bonds. The maximum atomic E-state index is 12.0. The van der Waals surface area contributed by atoms with Crippen molar-refractivity contribution in [3.63, 3.8) is 0 Å². The van der Waals surface area contributed by atoms with E-state index in [1.807, 2.05) is 0 Å². The predicted octanol–water partition coefficient (Wildman–Crippen LogP) is 0.365. The average Bonchev–Trinajstić information content (AvgIpc) is 1.79. The van der Waals surface area contributed by atoms with Crippen molar-refractivity contribution in [3.05, 3.63) is 0 Å². The van der Waals surface area contributed by atoms with E-state index >= 15 is 0 Å². The van der Waals surface area contributed by atoms with Gasteiger partial charge in [0.2, 0.25) is 0 Å². The van der Waals surface area contributed by atoms with E-state index in [1.54, 1.807) is 0 Å². The van der Waals surface area contributed by atoms with E-state index in [-0.39, 0.29) is 0 Å². The van der Waals surface area contributed by atoms with Crippen molar-refractivity contribution in [2.75, 3.05) is 13.1 Å². The molecule has 1 rings (SSSR count). The molecule has 0 bridgehead atoms. The normalized spacial score (nSPS) is 30.0. The molecular weight excluding hydrogens is 152 g/mol. The molecule has 1 aliphatic heterocycles. The third-order valence-corrected chi connectivity index (χ3v) is 1.14. The Morgan fingerprint density at radius 3 is 1.30 bits per heavy atom. The summed E-state index contributed by atoms with van der Waals surface area (Å²) in [6, 6.07) is -6.41. The molecule has 0 saturated carbocycles. The first-order chi connectivity index (χ1) is 4.41. The molecule has 0 aromatic rings. The highest BCUT2D eigenvalue weighted by molar-refractivity contribution is 4.80. The van der Waals surface area contributed by atoms with Crippen molar-refractivity contribution in [1.29, 1.82) is 0 Å². The molecule has 0 aromatic heterocycles. The van der Waals surface area contributed by atoms with Crippen LogP contribution in [0.1, 0.15) is 0 Å². The molecule has 6 heteroatoms. The lowest BCUT2D eigenvalue weighted by molar-refractivity contribution is -0.138. The van der Waals surface area contributed by atoms with Crippen LogP contribution in [0.2, 0.25) is 0 Å². The predicted molar refractivity (Wildman–Crippen MR) is 25.9 cm³/mol. The van der Waals surface area contributed by atoms with Gasteiger partial charge in [-0.15, -0.1) is 0 Å². The lowest BCUT2D eigenvalue weighted by Crippen LogP contribution is -2.62. The lowest BCUT2D eigenvalue weighted by Gasteiger charge is -2.30. The summed E-state index contributed by atoms with van der Waals surface area (Å²) in [4.78, 5) is 0. The lowest BCUT2D eigenvalue weighted by atomic mass is 10.3. The van der Waals surface area contributed by atoms with Crippen molar-refractivity contribution >= 4 is 0 Å². The molecule has 60 valence electrons. The minimum Gasteiger partial charge on any atom is -0.250 e. The summed E-state index contributed by atoms with van der Waals surface area (Å²) in [5, 5.41) is 2.81. The maximum absolute atomic E-state index is 12.0. The zero-order valence-corrected chi connectivity index (χ0v) is 4.93. The Kier molecular flexibility index (Phi) is 1.60. The van der Waals surface area contributed by atoms with Crippen LogP contribution >= 0.6 is 0 Å². The number of piperazine rings is 1. The number of alkyl halides is 4. The van der Waals surface area contributed by atoms with E-state index in [1.165, 1.54) is 10.6 Å². The summed E-state index contributed by atoms with van der Waals surface area (Å²) in [6.07, 6.45) is 0. The Hall–Kier alpha value is -0.360. The molecule has 1 fully saturated rings. The number of hydrogen-bond acceptors (Lipinski definition) is 2. The second-order valence-electron chi connectivity index (χ2n) is 2.12. The van der Waals surface area contributed by atoms with Crippen molar-refractivity contribution in [2.24, 2.45) is 0 Å². The Morgan fingerprint density at radius 1 is 0.800 bits per heavy atom. The van der Waals surface area contributed by atoms with Crippen LogP contribution in [0, 0.1) is 0 Å². The summed E-state index contributed by atoms with van der Waals surface area (Å²) in [5.74, 6) is 0. The Balaban J connectivity index is 2.46. The van der Waals surface area contributed by atoms with Crippen LogP contribution in [-0.4, -0.2) is 25.2 Å². The van der Waals surface area contributed by atoms with Crippen molar-refractivity contribution in [3.8, 4) is 0 Å². The van der Waals surface area contributed by atoms with Gasteiger partial charge in [0.05, 0.1) is 13.1 Å². The highest BCUT2D eigenvalue weighted by Crippen LogP contribution is 2.18. The minimum atomic E-state index is -3.21. The first-order valence-corrected chi connectivity index (χ1v) is 2.67. The molecule has 2 N–H and O–H groups in total. The molecule has 0 aromatic carbocycles. The van der Waals surface area contributed by atoms with Gasteiger partial charge in [0.25, 0.3) is 0 Å². The quantitative estimate of drug-likeness (QED) is 0.393. The zero-order valence-electron chi connectivity index (χ0n) is 4.93. The van der Waals surface area contributed by atoms with Crippen LogP contribution in [0.5, 0.6) is 0 Å². The van der Waals surface area contributed by atoms with Gasteiger partial charge in [-0.1, -0.05) is 0 Å². The third kappa shape index (κ3) is 1.81. The number of hydrogen-bond donors (Lipinski definition) is 2. The molecule has 0 aliphatic carbocycles. The van der Waals surface area contributed by atoms with Crippen molar-refractivity contribution in [2.45, 2.75) is 12.1 Å². The third-order valence-electron chi connectivity index (χ3n) is 1.14. The summed E-state index contributed by atoms with van der Waals surface area (Å²) in [7, 11) is 0. The van der Waals surface area contributed by atoms with Gasteiger partial charge in [-0.25, -0.2) is 10.6 Å². The van der Waals surface area contributed by atoms with E-state index in [0.29, 0.717) is 0 Å². The highest BCUT2D eigenvalue weighted by atomic mass is 19.3. The summed E-state index contributed by atoms with van der Waals surface area (Å²) < 4.78 is 48.2. The molecule has 0 unspecified atom stereocenters. The van der Waals surface area contributed by atoms with Crippen molar-refractivity contribution < 1.29 is 17.6 Å². The van der Waals surface area contributed by atoms with Gasteiger partial charge >= 0.3 is 12.1 Å². The fourth-order valence-corrected chi connectivity index (χ4v) is 0.606. The van der Waals surface area contributed by atoms with Gasteiger partial charge in [0.15, 0.2) is 0 Å². The van der Waals surface area contributed by atoms with E-state index in [4.69, 9.17) is 0 Å². The number of nitrogens with one attached hydrogen (secondary N) is 2. The van der Waals surface area contributed by atoms with Crippen LogP contribution in [-0.2, 0) is 0 Å². The molecule has 0 spiro atoms. The Morgan fingerprint density at radius 2 is 1.10 bits per heavy atom. The van der Waals surface area contributed by atoms with Gasteiger partial charge in [0.1, 0.15) is 0 Å². The van der Waals surface area contributed by atoms with Gasteiger partial charge in [-0.3, -0.25) is 0 Å². The van der Waals surface area contributed by atoms with Crippen LogP contribution in [0.25, 0.3) is 0 Å². The molecule has 1 heterocycles. The maximum Gasteiger partial charge on any atom is 0.315 e. The van der Waals surface area contributed by atoms with Crippen molar-refractivity contribution in [1.82, 2.24) is 10.6 Å². The molecule has 1 aliphatic rings. The summed E-state index contributed by atoms with van der Waals surface area (Å²) >= 11 is 0. The second-order valence-corrected chi connectivity index (χ2v) is 2.12. The van der Waals surface area contributed by atoms with Gasteiger partial charge in [-0.2, -0.15) is 17.6 Å². The number of halogens is 4. The van der Waals surface area contributed by atoms with Crippen LogP contribution in [0.3, 0.4) is 0 Å². The standard InChI is InChI=1S/C4H6F4N2/c5-3(6)1-9-4(7,8)2-10-3/h9-10H,1-2H2. The molecule has 0 radical (unpaired) electrons. The van der Waals surface area contributed by atoms with E-state index < -0.39 is 25.2 Å². The van der Waals surface area contributed by atoms with E-state index in [9.17, 15) is 17.6 Å². The SMILES string of the molecule is FC1(F)CNC(F)(F)CN1. The average molecular weight is 158 g/mol. The molecule has 1 saturated heterocycles. The summed E-state index contributed by atoms with van der Waals surface area (Å²) in [5.41, 5.74) is 0. The molecule has 10 heavy (non-hydrogen) atoms. The topological polar surface area (TPSA) is 24.1 Å². The van der Waals surface area contributed by atoms with Crippen LogP contribution < -0.4 is 10.6 Å². The minimum absolute atomic E-state index is 1.03. The highest BCUT2D eigenvalue weighted by Gasteiger charge is 2.42.